The Balaban J connectivity index is 2.02. The monoisotopic (exact) mass is 208 g/mol. The van der Waals surface area contributed by atoms with Gasteiger partial charge in [0, 0.05) is 24.3 Å². The quantitative estimate of drug-likeness (QED) is 0.726. The molecule has 0 atom stereocenters. The summed E-state index contributed by atoms with van der Waals surface area (Å²) >= 11 is 1.75. The topological polar surface area (TPSA) is 31.0 Å². The molecule has 0 unspecified atom stereocenters. The van der Waals surface area contributed by atoms with Crippen LogP contribution in [0.4, 0.5) is 0 Å². The molecule has 0 bridgehead atoms. The number of rotatable bonds is 3. The van der Waals surface area contributed by atoms with Crippen molar-refractivity contribution < 1.29 is 4.42 Å². The average Bonchev–Trinajstić information content (AvgIpc) is 2.72. The van der Waals surface area contributed by atoms with Crippen LogP contribution in [0, 0.1) is 6.92 Å². The van der Waals surface area contributed by atoms with Crippen LogP contribution >= 0.6 is 11.8 Å². The Kier molecular flexibility index (Phi) is 2.63. The lowest BCUT2D eigenvalue weighted by Crippen LogP contribution is -1.94. The van der Waals surface area contributed by atoms with Crippen molar-refractivity contribution in [2.75, 3.05) is 0 Å². The van der Waals surface area contributed by atoms with Gasteiger partial charge in [-0.2, -0.15) is 0 Å². The smallest absolute Gasteiger partial charge is 0.118 e. The highest BCUT2D eigenvalue weighted by Gasteiger charge is 2.04. The minimum absolute atomic E-state index is 0.879. The Hall–Kier alpha value is -1.16. The first kappa shape index (κ1) is 9.40. The molecule has 0 aromatic carbocycles. The van der Waals surface area contributed by atoms with Crippen LogP contribution in [0.15, 0.2) is 34.0 Å². The molecule has 3 nitrogen and oxygen atoms in total. The van der Waals surface area contributed by atoms with Crippen molar-refractivity contribution in [1.29, 1.82) is 0 Å². The van der Waals surface area contributed by atoms with Gasteiger partial charge in [-0.05, 0) is 13.0 Å². The maximum Gasteiger partial charge on any atom is 0.118 e. The molecule has 4 heteroatoms. The minimum atomic E-state index is 0.879. The van der Waals surface area contributed by atoms with E-state index in [1.807, 2.05) is 37.0 Å². The number of hydrogen-bond acceptors (Lipinski definition) is 3. The molecule has 0 aliphatic heterocycles. The van der Waals surface area contributed by atoms with Crippen molar-refractivity contribution in [3.8, 4) is 0 Å². The third kappa shape index (κ3) is 1.85. The van der Waals surface area contributed by atoms with Gasteiger partial charge in [0.2, 0.25) is 0 Å². The predicted molar refractivity (Wildman–Crippen MR) is 56.2 cm³/mol. The summed E-state index contributed by atoms with van der Waals surface area (Å²) in [6, 6.07) is 1.99. The first-order valence-corrected chi connectivity index (χ1v) is 5.39. The summed E-state index contributed by atoms with van der Waals surface area (Å²) < 4.78 is 7.25. The highest BCUT2D eigenvalue weighted by Crippen LogP contribution is 2.25. The summed E-state index contributed by atoms with van der Waals surface area (Å²) in [6.07, 6.45) is 5.49. The second kappa shape index (κ2) is 3.92. The van der Waals surface area contributed by atoms with Crippen LogP contribution in [0.2, 0.25) is 0 Å². The minimum Gasteiger partial charge on any atom is -0.468 e. The molecular weight excluding hydrogens is 196 g/mol. The summed E-state index contributed by atoms with van der Waals surface area (Å²) in [5, 5.41) is 0. The Morgan fingerprint density at radius 1 is 1.57 bits per heavy atom. The number of imidazole rings is 1. The fraction of sp³-hybridized carbons (Fsp3) is 0.300. The molecular formula is C10H12N2OS. The average molecular weight is 208 g/mol. The molecule has 0 radical (unpaired) electrons. The van der Waals surface area contributed by atoms with Gasteiger partial charge in [-0.1, -0.05) is 0 Å². The van der Waals surface area contributed by atoms with Gasteiger partial charge in [0.05, 0.1) is 12.0 Å². The number of furan rings is 1. The van der Waals surface area contributed by atoms with E-state index in [1.165, 1.54) is 4.90 Å². The second-order valence-corrected chi connectivity index (χ2v) is 4.10. The van der Waals surface area contributed by atoms with E-state index in [1.54, 1.807) is 18.0 Å². The van der Waals surface area contributed by atoms with Gasteiger partial charge in [-0.15, -0.1) is 11.8 Å². The fourth-order valence-electron chi connectivity index (χ4n) is 1.20. The van der Waals surface area contributed by atoms with E-state index in [9.17, 15) is 0 Å². The van der Waals surface area contributed by atoms with Crippen molar-refractivity contribution >= 4 is 11.8 Å². The van der Waals surface area contributed by atoms with E-state index in [2.05, 4.69) is 4.98 Å². The van der Waals surface area contributed by atoms with Gasteiger partial charge in [0.25, 0.3) is 0 Å². The van der Waals surface area contributed by atoms with Crippen molar-refractivity contribution in [1.82, 2.24) is 9.55 Å². The molecule has 74 valence electrons. The Morgan fingerprint density at radius 3 is 3.00 bits per heavy atom. The molecule has 2 aromatic heterocycles. The largest absolute Gasteiger partial charge is 0.468 e. The van der Waals surface area contributed by atoms with Gasteiger partial charge in [0.15, 0.2) is 0 Å². The predicted octanol–water partition coefficient (Wildman–Crippen LogP) is 2.61. The standard InChI is InChI=1S/C10H12N2OS/c1-8-9(3-6-13-8)14-7-10-11-4-5-12(10)2/h3-6H,7H2,1-2H3. The molecule has 2 heterocycles. The fourth-order valence-corrected chi connectivity index (χ4v) is 2.17. The highest BCUT2D eigenvalue weighted by molar-refractivity contribution is 7.98. The molecule has 0 fully saturated rings. The first-order valence-electron chi connectivity index (χ1n) is 4.40. The molecule has 0 aliphatic rings. The van der Waals surface area contributed by atoms with Crippen molar-refractivity contribution in [3.05, 3.63) is 36.3 Å². The molecule has 0 amide bonds. The molecule has 14 heavy (non-hydrogen) atoms. The summed E-state index contributed by atoms with van der Waals surface area (Å²) in [7, 11) is 2.01. The Morgan fingerprint density at radius 2 is 2.43 bits per heavy atom. The molecule has 0 saturated heterocycles. The zero-order chi connectivity index (χ0) is 9.97. The van der Waals surface area contributed by atoms with Gasteiger partial charge in [-0.25, -0.2) is 4.98 Å². The molecule has 0 spiro atoms. The molecule has 2 aromatic rings. The van der Waals surface area contributed by atoms with Crippen LogP contribution in [-0.4, -0.2) is 9.55 Å². The van der Waals surface area contributed by atoms with E-state index in [0.717, 1.165) is 17.3 Å². The van der Waals surface area contributed by atoms with E-state index >= 15 is 0 Å². The number of nitrogens with zero attached hydrogens (tertiary/aromatic N) is 2. The molecule has 0 N–H and O–H groups in total. The third-order valence-corrected chi connectivity index (χ3v) is 3.23. The molecule has 2 rings (SSSR count). The van der Waals surface area contributed by atoms with Crippen molar-refractivity contribution in [2.45, 2.75) is 17.6 Å². The maximum atomic E-state index is 5.22. The van der Waals surface area contributed by atoms with Crippen LogP contribution in [0.3, 0.4) is 0 Å². The lowest BCUT2D eigenvalue weighted by Gasteiger charge is -2.00. The van der Waals surface area contributed by atoms with Crippen LogP contribution in [0.25, 0.3) is 0 Å². The zero-order valence-electron chi connectivity index (χ0n) is 8.23. The van der Waals surface area contributed by atoms with Crippen molar-refractivity contribution in [3.63, 3.8) is 0 Å². The van der Waals surface area contributed by atoms with Gasteiger partial charge >= 0.3 is 0 Å². The van der Waals surface area contributed by atoms with Crippen molar-refractivity contribution in [2.24, 2.45) is 7.05 Å². The summed E-state index contributed by atoms with van der Waals surface area (Å²) in [4.78, 5) is 5.44. The van der Waals surface area contributed by atoms with Crippen LogP contribution in [0.5, 0.6) is 0 Å². The summed E-state index contributed by atoms with van der Waals surface area (Å²) in [5.74, 6) is 2.93. The van der Waals surface area contributed by atoms with Gasteiger partial charge < -0.3 is 8.98 Å². The van der Waals surface area contributed by atoms with Crippen LogP contribution in [0.1, 0.15) is 11.6 Å². The molecule has 0 aliphatic carbocycles. The lowest BCUT2D eigenvalue weighted by atomic mass is 10.5. The molecule has 0 saturated carbocycles. The summed E-state index contributed by atoms with van der Waals surface area (Å²) in [5.41, 5.74) is 0. The normalized spacial score (nSPS) is 10.7. The second-order valence-electron chi connectivity index (χ2n) is 3.08. The van der Waals surface area contributed by atoms with Crippen LogP contribution in [-0.2, 0) is 12.8 Å². The lowest BCUT2D eigenvalue weighted by molar-refractivity contribution is 0.527. The maximum absolute atomic E-state index is 5.22. The summed E-state index contributed by atoms with van der Waals surface area (Å²) in [6.45, 7) is 1.97. The Labute approximate surface area is 87.1 Å². The van der Waals surface area contributed by atoms with Gasteiger partial charge in [-0.3, -0.25) is 0 Å². The van der Waals surface area contributed by atoms with E-state index in [4.69, 9.17) is 4.42 Å². The zero-order valence-corrected chi connectivity index (χ0v) is 9.04. The number of hydrogen-bond donors (Lipinski definition) is 0. The highest BCUT2D eigenvalue weighted by atomic mass is 32.2. The van der Waals surface area contributed by atoms with E-state index in [0.29, 0.717) is 0 Å². The van der Waals surface area contributed by atoms with Gasteiger partial charge in [0.1, 0.15) is 11.6 Å². The number of aromatic nitrogens is 2. The SMILES string of the molecule is Cc1occc1SCc1nccn1C. The number of aryl methyl sites for hydroxylation is 2. The van der Waals surface area contributed by atoms with E-state index < -0.39 is 0 Å². The van der Waals surface area contributed by atoms with Crippen LogP contribution < -0.4 is 0 Å². The van der Waals surface area contributed by atoms with E-state index in [-0.39, 0.29) is 0 Å². The Bertz CT molecular complexity index is 379. The number of thioether (sulfide) groups is 1. The first-order chi connectivity index (χ1) is 6.77. The third-order valence-electron chi connectivity index (χ3n) is 2.09.